The molecule has 4 heteroatoms. The molecule has 2 fully saturated rings. The van der Waals surface area contributed by atoms with E-state index in [4.69, 9.17) is 10.5 Å². The van der Waals surface area contributed by atoms with Crippen LogP contribution in [0.1, 0.15) is 39.0 Å². The summed E-state index contributed by atoms with van der Waals surface area (Å²) in [7, 11) is 0. The summed E-state index contributed by atoms with van der Waals surface area (Å²) in [6.45, 7) is 4.09. The van der Waals surface area contributed by atoms with E-state index in [0.717, 1.165) is 32.3 Å². The summed E-state index contributed by atoms with van der Waals surface area (Å²) in [5, 5.41) is 3.17. The monoisotopic (exact) mass is 240 g/mol. The van der Waals surface area contributed by atoms with E-state index >= 15 is 0 Å². The van der Waals surface area contributed by atoms with Crippen molar-refractivity contribution < 1.29 is 9.53 Å². The van der Waals surface area contributed by atoms with Crippen molar-refractivity contribution in [3.05, 3.63) is 0 Å². The van der Waals surface area contributed by atoms with Crippen LogP contribution in [0.25, 0.3) is 0 Å². The molecule has 3 unspecified atom stereocenters. The number of nitrogens with two attached hydrogens (primary N) is 1. The molecule has 1 aliphatic carbocycles. The molecule has 3 N–H and O–H groups in total. The van der Waals surface area contributed by atoms with E-state index in [2.05, 4.69) is 12.2 Å². The van der Waals surface area contributed by atoms with Gasteiger partial charge in [0, 0.05) is 12.5 Å². The molecule has 0 bridgehead atoms. The number of hydrogen-bond donors (Lipinski definition) is 2. The van der Waals surface area contributed by atoms with E-state index in [1.807, 2.05) is 0 Å². The molecule has 0 aromatic heterocycles. The second kappa shape index (κ2) is 5.36. The van der Waals surface area contributed by atoms with Gasteiger partial charge in [0.15, 0.2) is 0 Å². The lowest BCUT2D eigenvalue weighted by molar-refractivity contribution is -0.129. The lowest BCUT2D eigenvalue weighted by atomic mass is 9.78. The van der Waals surface area contributed by atoms with Gasteiger partial charge in [-0.3, -0.25) is 4.79 Å². The summed E-state index contributed by atoms with van der Waals surface area (Å²) >= 11 is 0. The molecule has 2 rings (SSSR count). The average molecular weight is 240 g/mol. The van der Waals surface area contributed by atoms with Gasteiger partial charge >= 0.3 is 0 Å². The van der Waals surface area contributed by atoms with E-state index in [1.54, 1.807) is 0 Å². The van der Waals surface area contributed by atoms with Crippen molar-refractivity contribution >= 4 is 5.91 Å². The average Bonchev–Trinajstić information content (AvgIpc) is 2.75. The Morgan fingerprint density at radius 3 is 2.88 bits per heavy atom. The molecular weight excluding hydrogens is 216 g/mol. The second-order valence-corrected chi connectivity index (χ2v) is 5.74. The molecule has 2 aliphatic rings. The molecule has 17 heavy (non-hydrogen) atoms. The van der Waals surface area contributed by atoms with Crippen molar-refractivity contribution in [2.45, 2.75) is 44.6 Å². The van der Waals surface area contributed by atoms with E-state index in [0.29, 0.717) is 19.1 Å². The Bertz CT molecular complexity index is 275. The fraction of sp³-hybridized carbons (Fsp3) is 0.923. The lowest BCUT2D eigenvalue weighted by Crippen LogP contribution is -2.51. The molecule has 0 radical (unpaired) electrons. The van der Waals surface area contributed by atoms with Crippen molar-refractivity contribution in [1.82, 2.24) is 5.32 Å². The van der Waals surface area contributed by atoms with Gasteiger partial charge in [-0.05, 0) is 38.6 Å². The molecule has 3 atom stereocenters. The first kappa shape index (κ1) is 12.8. The standard InChI is InChI=1S/C13H24N2O2/c1-13(6-7-17-9-13)15-12(16)11-5-3-2-4-10(11)8-14/h10-11H,2-9,14H2,1H3,(H,15,16). The van der Waals surface area contributed by atoms with E-state index in [-0.39, 0.29) is 17.4 Å². The fourth-order valence-corrected chi connectivity index (χ4v) is 2.99. The highest BCUT2D eigenvalue weighted by atomic mass is 16.5. The van der Waals surface area contributed by atoms with Crippen LogP contribution in [0, 0.1) is 11.8 Å². The zero-order valence-corrected chi connectivity index (χ0v) is 10.7. The summed E-state index contributed by atoms with van der Waals surface area (Å²) in [4.78, 5) is 12.3. The third-order valence-corrected chi connectivity index (χ3v) is 4.19. The number of hydrogen-bond acceptors (Lipinski definition) is 3. The Morgan fingerprint density at radius 2 is 2.24 bits per heavy atom. The Morgan fingerprint density at radius 1 is 1.47 bits per heavy atom. The van der Waals surface area contributed by atoms with Crippen LogP contribution in [-0.4, -0.2) is 31.2 Å². The van der Waals surface area contributed by atoms with Gasteiger partial charge in [0.2, 0.25) is 5.91 Å². The predicted octanol–water partition coefficient (Wildman–Crippen LogP) is 1.05. The zero-order valence-electron chi connectivity index (χ0n) is 10.7. The van der Waals surface area contributed by atoms with Crippen molar-refractivity contribution in [2.24, 2.45) is 17.6 Å². The zero-order chi connectivity index (χ0) is 12.3. The minimum absolute atomic E-state index is 0.117. The van der Waals surface area contributed by atoms with Crippen LogP contribution in [0.2, 0.25) is 0 Å². The molecule has 1 saturated heterocycles. The molecule has 0 aromatic rings. The maximum atomic E-state index is 12.3. The Hall–Kier alpha value is -0.610. The number of amides is 1. The molecule has 4 nitrogen and oxygen atoms in total. The van der Waals surface area contributed by atoms with E-state index in [1.165, 1.54) is 6.42 Å². The first-order chi connectivity index (χ1) is 8.14. The van der Waals surface area contributed by atoms with E-state index < -0.39 is 0 Å². The van der Waals surface area contributed by atoms with Crippen molar-refractivity contribution in [1.29, 1.82) is 0 Å². The molecule has 98 valence electrons. The van der Waals surface area contributed by atoms with Crippen molar-refractivity contribution in [2.75, 3.05) is 19.8 Å². The number of ether oxygens (including phenoxy) is 1. The summed E-state index contributed by atoms with van der Waals surface area (Å²) in [6, 6.07) is 0. The largest absolute Gasteiger partial charge is 0.379 e. The van der Waals surface area contributed by atoms with Crippen LogP contribution in [0.3, 0.4) is 0 Å². The molecule has 0 aromatic carbocycles. The number of rotatable bonds is 3. The van der Waals surface area contributed by atoms with Gasteiger partial charge in [0.1, 0.15) is 0 Å². The Labute approximate surface area is 103 Å². The van der Waals surface area contributed by atoms with Crippen LogP contribution in [-0.2, 0) is 9.53 Å². The van der Waals surface area contributed by atoms with Crippen LogP contribution in [0.15, 0.2) is 0 Å². The van der Waals surface area contributed by atoms with Crippen LogP contribution in [0.4, 0.5) is 0 Å². The third kappa shape index (κ3) is 2.99. The Balaban J connectivity index is 1.93. The molecule has 1 amide bonds. The van der Waals surface area contributed by atoms with E-state index in [9.17, 15) is 4.79 Å². The summed E-state index contributed by atoms with van der Waals surface area (Å²) in [5.41, 5.74) is 5.61. The molecular formula is C13H24N2O2. The van der Waals surface area contributed by atoms with Crippen LogP contribution < -0.4 is 11.1 Å². The maximum Gasteiger partial charge on any atom is 0.223 e. The van der Waals surface area contributed by atoms with Gasteiger partial charge in [-0.25, -0.2) is 0 Å². The van der Waals surface area contributed by atoms with Gasteiger partial charge < -0.3 is 15.8 Å². The van der Waals surface area contributed by atoms with Crippen LogP contribution >= 0.6 is 0 Å². The SMILES string of the molecule is CC1(NC(=O)C2CCCCC2CN)CCOC1. The minimum atomic E-state index is -0.159. The molecule has 0 spiro atoms. The van der Waals surface area contributed by atoms with Gasteiger partial charge in [-0.15, -0.1) is 0 Å². The smallest absolute Gasteiger partial charge is 0.223 e. The topological polar surface area (TPSA) is 64.4 Å². The molecule has 1 aliphatic heterocycles. The normalized spacial score (nSPS) is 38.0. The summed E-state index contributed by atoms with van der Waals surface area (Å²) < 4.78 is 5.36. The number of carbonyl (C=O) groups excluding carboxylic acids is 1. The van der Waals surface area contributed by atoms with Gasteiger partial charge in [-0.2, -0.15) is 0 Å². The van der Waals surface area contributed by atoms with Gasteiger partial charge in [0.05, 0.1) is 12.1 Å². The minimum Gasteiger partial charge on any atom is -0.379 e. The third-order valence-electron chi connectivity index (χ3n) is 4.19. The summed E-state index contributed by atoms with van der Waals surface area (Å²) in [6.07, 6.45) is 5.37. The predicted molar refractivity (Wildman–Crippen MR) is 66.5 cm³/mol. The first-order valence-corrected chi connectivity index (χ1v) is 6.74. The van der Waals surface area contributed by atoms with Crippen molar-refractivity contribution in [3.63, 3.8) is 0 Å². The first-order valence-electron chi connectivity index (χ1n) is 6.74. The highest BCUT2D eigenvalue weighted by Gasteiger charge is 2.36. The highest BCUT2D eigenvalue weighted by molar-refractivity contribution is 5.80. The maximum absolute atomic E-state index is 12.3. The van der Waals surface area contributed by atoms with Gasteiger partial charge in [-0.1, -0.05) is 12.8 Å². The summed E-state index contributed by atoms with van der Waals surface area (Å²) in [5.74, 6) is 0.675. The number of carbonyl (C=O) groups is 1. The fourth-order valence-electron chi connectivity index (χ4n) is 2.99. The van der Waals surface area contributed by atoms with Crippen molar-refractivity contribution in [3.8, 4) is 0 Å². The molecule has 1 saturated carbocycles. The van der Waals surface area contributed by atoms with Gasteiger partial charge in [0.25, 0.3) is 0 Å². The van der Waals surface area contributed by atoms with Crippen LogP contribution in [0.5, 0.6) is 0 Å². The lowest BCUT2D eigenvalue weighted by Gasteiger charge is -2.33. The highest BCUT2D eigenvalue weighted by Crippen LogP contribution is 2.30. The quantitative estimate of drug-likeness (QED) is 0.775. The second-order valence-electron chi connectivity index (χ2n) is 5.74. The Kier molecular flexibility index (Phi) is 4.05. The molecule has 1 heterocycles. The number of nitrogens with one attached hydrogen (secondary N) is 1.